The Morgan fingerprint density at radius 3 is 2.08 bits per heavy atom. The number of anilines is 1. The summed E-state index contributed by atoms with van der Waals surface area (Å²) in [7, 11) is 0. The molecule has 36 heavy (non-hydrogen) atoms. The Bertz CT molecular complexity index is 1010. The van der Waals surface area contributed by atoms with E-state index >= 15 is 0 Å². The number of piperidine rings is 1. The molecule has 1 heterocycles. The predicted molar refractivity (Wildman–Crippen MR) is 150 cm³/mol. The van der Waals surface area contributed by atoms with Crippen molar-refractivity contribution in [3.63, 3.8) is 0 Å². The van der Waals surface area contributed by atoms with Crippen LogP contribution in [-0.2, 0) is 13.2 Å². The highest BCUT2D eigenvalue weighted by Gasteiger charge is 2.25. The summed E-state index contributed by atoms with van der Waals surface area (Å²) < 4.78 is 11.6. The number of benzene rings is 3. The Labute approximate surface area is 217 Å². The second-order valence-corrected chi connectivity index (χ2v) is 10.2. The van der Waals surface area contributed by atoms with Crippen LogP contribution in [-0.4, -0.2) is 37.2 Å². The molecule has 0 aromatic heterocycles. The number of nitrogens with zero attached hydrogens (tertiary/aromatic N) is 2. The molecule has 0 aliphatic carbocycles. The van der Waals surface area contributed by atoms with E-state index in [1.807, 2.05) is 13.0 Å². The molecule has 0 bridgehead atoms. The first-order valence-corrected chi connectivity index (χ1v) is 13.6. The Balaban J connectivity index is 1.33. The van der Waals surface area contributed by atoms with Crippen molar-refractivity contribution in [3.8, 4) is 11.5 Å². The van der Waals surface area contributed by atoms with Gasteiger partial charge in [-0.1, -0.05) is 56.3 Å². The molecule has 4 nitrogen and oxygen atoms in total. The normalized spacial score (nSPS) is 14.7. The quantitative estimate of drug-likeness (QED) is 0.271. The smallest absolute Gasteiger partial charge is 0.119 e. The fourth-order valence-corrected chi connectivity index (χ4v) is 4.90. The van der Waals surface area contributed by atoms with E-state index in [9.17, 15) is 0 Å². The van der Waals surface area contributed by atoms with Gasteiger partial charge in [0, 0.05) is 37.9 Å². The number of hydrogen-bond acceptors (Lipinski definition) is 4. The fourth-order valence-electron chi connectivity index (χ4n) is 4.90. The highest BCUT2D eigenvalue weighted by molar-refractivity contribution is 5.50. The second kappa shape index (κ2) is 13.4. The predicted octanol–water partition coefficient (Wildman–Crippen LogP) is 7.18. The van der Waals surface area contributed by atoms with Crippen molar-refractivity contribution in [2.75, 3.05) is 31.1 Å². The number of rotatable bonds is 12. The molecule has 0 spiro atoms. The summed E-state index contributed by atoms with van der Waals surface area (Å²) in [5.41, 5.74) is 3.87. The van der Waals surface area contributed by atoms with Gasteiger partial charge in [0.05, 0.1) is 6.61 Å². The minimum atomic E-state index is 0.580. The third-order valence-corrected chi connectivity index (χ3v) is 7.00. The summed E-state index contributed by atoms with van der Waals surface area (Å²) in [6, 6.07) is 28.2. The van der Waals surface area contributed by atoms with Gasteiger partial charge in [-0.05, 0) is 79.6 Å². The largest absolute Gasteiger partial charge is 0.494 e. The van der Waals surface area contributed by atoms with Gasteiger partial charge in [-0.3, -0.25) is 4.90 Å². The Morgan fingerprint density at radius 2 is 1.44 bits per heavy atom. The van der Waals surface area contributed by atoms with Crippen molar-refractivity contribution in [2.45, 2.75) is 59.2 Å². The first-order chi connectivity index (χ1) is 17.6. The lowest BCUT2D eigenvalue weighted by Crippen LogP contribution is -2.45. The van der Waals surface area contributed by atoms with Crippen molar-refractivity contribution in [1.82, 2.24) is 4.90 Å². The minimum absolute atomic E-state index is 0.580. The maximum atomic E-state index is 6.03. The maximum Gasteiger partial charge on any atom is 0.119 e. The van der Waals surface area contributed by atoms with Crippen LogP contribution in [0, 0.1) is 5.92 Å². The monoisotopic (exact) mass is 486 g/mol. The van der Waals surface area contributed by atoms with Crippen LogP contribution < -0.4 is 14.4 Å². The van der Waals surface area contributed by atoms with E-state index in [0.29, 0.717) is 25.2 Å². The molecule has 4 heteroatoms. The Kier molecular flexibility index (Phi) is 9.68. The van der Waals surface area contributed by atoms with Gasteiger partial charge in [-0.2, -0.15) is 0 Å². The van der Waals surface area contributed by atoms with Gasteiger partial charge >= 0.3 is 0 Å². The first kappa shape index (κ1) is 26.1. The van der Waals surface area contributed by atoms with Crippen molar-refractivity contribution in [1.29, 1.82) is 0 Å². The number of ether oxygens (including phenoxy) is 2. The summed E-state index contributed by atoms with van der Waals surface area (Å²) >= 11 is 0. The molecule has 3 aromatic carbocycles. The molecular weight excluding hydrogens is 444 g/mol. The highest BCUT2D eigenvalue weighted by atomic mass is 16.5. The molecule has 192 valence electrons. The third kappa shape index (κ3) is 7.76. The molecule has 0 radical (unpaired) electrons. The van der Waals surface area contributed by atoms with Crippen LogP contribution in [0.15, 0.2) is 78.9 Å². The van der Waals surface area contributed by atoms with Crippen molar-refractivity contribution in [3.05, 3.63) is 90.0 Å². The maximum absolute atomic E-state index is 6.03. The average Bonchev–Trinajstić information content (AvgIpc) is 2.91. The van der Waals surface area contributed by atoms with E-state index in [0.717, 1.165) is 37.7 Å². The zero-order valence-electron chi connectivity index (χ0n) is 22.2. The molecule has 1 aliphatic heterocycles. The van der Waals surface area contributed by atoms with Gasteiger partial charge in [0.2, 0.25) is 0 Å². The van der Waals surface area contributed by atoms with Crippen LogP contribution in [0.2, 0.25) is 0 Å². The SMILES string of the molecule is CCOc1ccc(CN2CCC(N(CCC(C)C)c3ccc(OCc4ccccc4)cc3)CC2)cc1. The van der Waals surface area contributed by atoms with Gasteiger partial charge in [-0.15, -0.1) is 0 Å². The topological polar surface area (TPSA) is 24.9 Å². The van der Waals surface area contributed by atoms with E-state index in [1.54, 1.807) is 0 Å². The molecule has 1 aliphatic rings. The van der Waals surface area contributed by atoms with E-state index in [2.05, 4.69) is 96.4 Å². The molecule has 1 saturated heterocycles. The standard InChI is InChI=1S/C32H42N2O2/c1-4-35-31-14-10-27(11-15-31)24-33-21-19-30(20-22-33)34(23-18-26(2)3)29-12-16-32(17-13-29)36-25-28-8-6-5-7-9-28/h5-17,26,30H,4,18-25H2,1-3H3. The van der Waals surface area contributed by atoms with E-state index in [4.69, 9.17) is 9.47 Å². The molecule has 4 rings (SSSR count). The van der Waals surface area contributed by atoms with Crippen LogP contribution in [0.1, 0.15) is 51.2 Å². The summed E-state index contributed by atoms with van der Waals surface area (Å²) in [4.78, 5) is 5.24. The lowest BCUT2D eigenvalue weighted by Gasteiger charge is -2.40. The minimum Gasteiger partial charge on any atom is -0.494 e. The number of likely N-dealkylation sites (tertiary alicyclic amines) is 1. The van der Waals surface area contributed by atoms with E-state index in [1.165, 1.54) is 36.1 Å². The summed E-state index contributed by atoms with van der Waals surface area (Å²) in [6.07, 6.45) is 3.60. The molecule has 0 unspecified atom stereocenters. The zero-order valence-corrected chi connectivity index (χ0v) is 22.2. The van der Waals surface area contributed by atoms with Crippen molar-refractivity contribution in [2.24, 2.45) is 5.92 Å². The molecule has 0 saturated carbocycles. The van der Waals surface area contributed by atoms with Gasteiger partial charge in [0.15, 0.2) is 0 Å². The van der Waals surface area contributed by atoms with Crippen LogP contribution in [0.4, 0.5) is 5.69 Å². The third-order valence-electron chi connectivity index (χ3n) is 7.00. The number of hydrogen-bond donors (Lipinski definition) is 0. The molecular formula is C32H42N2O2. The lowest BCUT2D eigenvalue weighted by atomic mass is 10.00. The summed E-state index contributed by atoms with van der Waals surface area (Å²) in [5, 5.41) is 0. The van der Waals surface area contributed by atoms with Gasteiger partial charge < -0.3 is 14.4 Å². The Morgan fingerprint density at radius 1 is 0.806 bits per heavy atom. The van der Waals surface area contributed by atoms with E-state index in [-0.39, 0.29) is 0 Å². The van der Waals surface area contributed by atoms with Crippen LogP contribution in [0.25, 0.3) is 0 Å². The molecule has 0 amide bonds. The van der Waals surface area contributed by atoms with E-state index < -0.39 is 0 Å². The molecule has 3 aromatic rings. The summed E-state index contributed by atoms with van der Waals surface area (Å²) in [5.74, 6) is 2.58. The Hall–Kier alpha value is -2.98. The van der Waals surface area contributed by atoms with Gasteiger partial charge in [-0.25, -0.2) is 0 Å². The zero-order chi connectivity index (χ0) is 25.2. The van der Waals surface area contributed by atoms with Crippen LogP contribution in [0.5, 0.6) is 11.5 Å². The van der Waals surface area contributed by atoms with Crippen molar-refractivity contribution >= 4 is 5.69 Å². The van der Waals surface area contributed by atoms with Crippen LogP contribution in [0.3, 0.4) is 0 Å². The second-order valence-electron chi connectivity index (χ2n) is 10.2. The molecule has 0 N–H and O–H groups in total. The fraction of sp³-hybridized carbons (Fsp3) is 0.438. The first-order valence-electron chi connectivity index (χ1n) is 13.6. The molecule has 0 atom stereocenters. The van der Waals surface area contributed by atoms with Crippen molar-refractivity contribution < 1.29 is 9.47 Å². The average molecular weight is 487 g/mol. The van der Waals surface area contributed by atoms with Crippen LogP contribution >= 0.6 is 0 Å². The summed E-state index contributed by atoms with van der Waals surface area (Å²) in [6.45, 7) is 12.4. The van der Waals surface area contributed by atoms with Gasteiger partial charge in [0.25, 0.3) is 0 Å². The molecule has 1 fully saturated rings. The lowest BCUT2D eigenvalue weighted by molar-refractivity contribution is 0.200. The highest BCUT2D eigenvalue weighted by Crippen LogP contribution is 2.28. The van der Waals surface area contributed by atoms with Gasteiger partial charge in [0.1, 0.15) is 18.1 Å².